The van der Waals surface area contributed by atoms with Crippen LogP contribution in [0.4, 0.5) is 0 Å². The Balaban J connectivity index is 1.85. The van der Waals surface area contributed by atoms with Gasteiger partial charge in [-0.05, 0) is 69.1 Å². The first-order chi connectivity index (χ1) is 14.7. The summed E-state index contributed by atoms with van der Waals surface area (Å²) in [5.41, 5.74) is 3.51. The Morgan fingerprint density at radius 3 is 2.23 bits per heavy atom. The van der Waals surface area contributed by atoms with Crippen LogP contribution in [0.2, 0.25) is 0 Å². The Kier molecular flexibility index (Phi) is 7.55. The van der Waals surface area contributed by atoms with Gasteiger partial charge in [-0.3, -0.25) is 4.79 Å². The van der Waals surface area contributed by atoms with Gasteiger partial charge in [0.05, 0.1) is 4.90 Å². The van der Waals surface area contributed by atoms with Gasteiger partial charge in [0.1, 0.15) is 6.04 Å². The highest BCUT2D eigenvalue weighted by atomic mass is 32.2. The molecule has 1 heterocycles. The van der Waals surface area contributed by atoms with Crippen LogP contribution in [0.15, 0.2) is 47.4 Å². The summed E-state index contributed by atoms with van der Waals surface area (Å²) in [5, 5.41) is 0. The molecule has 0 spiro atoms. The van der Waals surface area contributed by atoms with Gasteiger partial charge in [0.25, 0.3) is 0 Å². The summed E-state index contributed by atoms with van der Waals surface area (Å²) >= 11 is 0. The molecule has 168 valence electrons. The van der Waals surface area contributed by atoms with E-state index in [-0.39, 0.29) is 10.8 Å². The number of hydrogen-bond donors (Lipinski definition) is 1. The van der Waals surface area contributed by atoms with Crippen molar-refractivity contribution in [1.82, 2.24) is 9.62 Å². The van der Waals surface area contributed by atoms with Crippen LogP contribution < -0.4 is 4.72 Å². The number of aryl methyl sites for hydroxylation is 4. The predicted octanol–water partition coefficient (Wildman–Crippen LogP) is 4.15. The van der Waals surface area contributed by atoms with Crippen molar-refractivity contribution in [3.8, 4) is 0 Å². The minimum absolute atomic E-state index is 0.117. The number of piperidine rings is 1. The Morgan fingerprint density at radius 2 is 1.65 bits per heavy atom. The number of rotatable bonds is 7. The smallest absolute Gasteiger partial charge is 0.241 e. The van der Waals surface area contributed by atoms with Crippen molar-refractivity contribution >= 4 is 15.9 Å². The highest BCUT2D eigenvalue weighted by Gasteiger charge is 2.32. The molecule has 2 aromatic rings. The van der Waals surface area contributed by atoms with E-state index >= 15 is 0 Å². The number of sulfonamides is 1. The van der Waals surface area contributed by atoms with E-state index in [1.807, 2.05) is 54.3 Å². The van der Waals surface area contributed by atoms with Crippen molar-refractivity contribution in [3.05, 3.63) is 64.7 Å². The van der Waals surface area contributed by atoms with Crippen LogP contribution in [0.25, 0.3) is 0 Å². The average molecular weight is 443 g/mol. The van der Waals surface area contributed by atoms with Crippen LogP contribution >= 0.6 is 0 Å². The van der Waals surface area contributed by atoms with Crippen molar-refractivity contribution in [3.63, 3.8) is 0 Å². The third-order valence-electron chi connectivity index (χ3n) is 6.13. The fourth-order valence-electron chi connectivity index (χ4n) is 4.47. The third-order valence-corrected chi connectivity index (χ3v) is 7.90. The average Bonchev–Trinajstić information content (AvgIpc) is 2.71. The summed E-state index contributed by atoms with van der Waals surface area (Å²) in [7, 11) is -3.83. The zero-order chi connectivity index (χ0) is 22.6. The fraction of sp³-hybridized carbons (Fsp3) is 0.480. The molecule has 1 fully saturated rings. The van der Waals surface area contributed by atoms with Gasteiger partial charge in [-0.2, -0.15) is 4.72 Å². The van der Waals surface area contributed by atoms with E-state index in [0.717, 1.165) is 24.0 Å². The summed E-state index contributed by atoms with van der Waals surface area (Å²) in [4.78, 5) is 15.5. The molecule has 1 aliphatic rings. The van der Waals surface area contributed by atoms with E-state index in [9.17, 15) is 13.2 Å². The number of nitrogens with zero attached hydrogens (tertiary/aromatic N) is 1. The summed E-state index contributed by atoms with van der Waals surface area (Å²) in [6, 6.07) is 12.8. The third kappa shape index (κ3) is 5.95. The Morgan fingerprint density at radius 1 is 1.06 bits per heavy atom. The Bertz CT molecular complexity index is 987. The maximum atomic E-state index is 13.4. The number of benzene rings is 2. The second-order valence-corrected chi connectivity index (χ2v) is 10.6. The van der Waals surface area contributed by atoms with Crippen LogP contribution in [0.3, 0.4) is 0 Å². The monoisotopic (exact) mass is 442 g/mol. The molecule has 1 N–H and O–H groups in total. The summed E-state index contributed by atoms with van der Waals surface area (Å²) in [6.45, 7) is 9.13. The first kappa shape index (κ1) is 23.5. The largest absolute Gasteiger partial charge is 0.341 e. The first-order valence-corrected chi connectivity index (χ1v) is 12.6. The van der Waals surface area contributed by atoms with E-state index in [1.165, 1.54) is 0 Å². The van der Waals surface area contributed by atoms with Crippen LogP contribution in [-0.2, 0) is 21.2 Å². The topological polar surface area (TPSA) is 66.5 Å². The normalized spacial score (nSPS) is 16.3. The number of amides is 1. The lowest BCUT2D eigenvalue weighted by molar-refractivity contribution is -0.134. The molecular formula is C25H34N2O3S. The van der Waals surface area contributed by atoms with E-state index in [1.54, 1.807) is 13.8 Å². The van der Waals surface area contributed by atoms with Crippen molar-refractivity contribution in [2.45, 2.75) is 64.3 Å². The molecule has 31 heavy (non-hydrogen) atoms. The minimum Gasteiger partial charge on any atom is -0.341 e. The molecule has 2 aromatic carbocycles. The van der Waals surface area contributed by atoms with Gasteiger partial charge in [0, 0.05) is 13.1 Å². The number of likely N-dealkylation sites (tertiary alicyclic amines) is 1. The zero-order valence-electron chi connectivity index (χ0n) is 19.0. The van der Waals surface area contributed by atoms with Gasteiger partial charge in [0.2, 0.25) is 15.9 Å². The molecule has 0 aromatic heterocycles. The molecule has 0 saturated carbocycles. The van der Waals surface area contributed by atoms with Gasteiger partial charge >= 0.3 is 0 Å². The fourth-order valence-corrected chi connectivity index (χ4v) is 6.15. The second kappa shape index (κ2) is 9.96. The van der Waals surface area contributed by atoms with Crippen LogP contribution in [0, 0.1) is 26.7 Å². The Hall–Kier alpha value is -2.18. The van der Waals surface area contributed by atoms with Crippen molar-refractivity contribution in [2.24, 2.45) is 5.92 Å². The molecule has 1 aliphatic heterocycles. The molecule has 6 heteroatoms. The summed E-state index contributed by atoms with van der Waals surface area (Å²) < 4.78 is 29.5. The standard InChI is InChI=1S/C25H34N2O3S/c1-18-12-14-27(15-13-18)25(28)23(11-10-22-8-6-5-7-9-22)26-31(29,30)24-20(3)16-19(2)17-21(24)4/h5-9,16-18,23,26H,10-15H2,1-4H3. The maximum absolute atomic E-state index is 13.4. The number of hydrogen-bond acceptors (Lipinski definition) is 3. The molecule has 0 radical (unpaired) electrons. The SMILES string of the molecule is Cc1cc(C)c(S(=O)(=O)NC(CCc2ccccc2)C(=O)N2CCC(C)CC2)c(C)c1. The molecule has 5 nitrogen and oxygen atoms in total. The molecule has 1 unspecified atom stereocenters. The van der Waals surface area contributed by atoms with Gasteiger partial charge in [-0.15, -0.1) is 0 Å². The highest BCUT2D eigenvalue weighted by Crippen LogP contribution is 2.23. The minimum atomic E-state index is -3.83. The number of carbonyl (C=O) groups is 1. The van der Waals surface area contributed by atoms with E-state index in [0.29, 0.717) is 43.0 Å². The van der Waals surface area contributed by atoms with Crippen LogP contribution in [-0.4, -0.2) is 38.4 Å². The van der Waals surface area contributed by atoms with Gasteiger partial charge in [-0.25, -0.2) is 8.42 Å². The zero-order valence-corrected chi connectivity index (χ0v) is 19.8. The number of carbonyl (C=O) groups excluding carboxylic acids is 1. The number of nitrogens with one attached hydrogen (secondary N) is 1. The van der Waals surface area contributed by atoms with E-state index < -0.39 is 16.1 Å². The molecule has 0 bridgehead atoms. The van der Waals surface area contributed by atoms with Crippen LogP contribution in [0.5, 0.6) is 0 Å². The maximum Gasteiger partial charge on any atom is 0.241 e. The van der Waals surface area contributed by atoms with Gasteiger partial charge in [0.15, 0.2) is 0 Å². The molecule has 3 rings (SSSR count). The first-order valence-electron chi connectivity index (χ1n) is 11.1. The van der Waals surface area contributed by atoms with E-state index in [4.69, 9.17) is 0 Å². The molecule has 1 amide bonds. The molecular weight excluding hydrogens is 408 g/mol. The predicted molar refractivity (Wildman–Crippen MR) is 125 cm³/mol. The lowest BCUT2D eigenvalue weighted by Gasteiger charge is -2.33. The molecule has 1 atom stereocenters. The van der Waals surface area contributed by atoms with Crippen molar-refractivity contribution in [2.75, 3.05) is 13.1 Å². The van der Waals surface area contributed by atoms with Gasteiger partial charge in [-0.1, -0.05) is 55.0 Å². The lowest BCUT2D eigenvalue weighted by Crippen LogP contribution is -2.50. The van der Waals surface area contributed by atoms with Crippen LogP contribution in [0.1, 0.15) is 48.4 Å². The molecule has 0 aliphatic carbocycles. The molecule has 1 saturated heterocycles. The lowest BCUT2D eigenvalue weighted by atomic mass is 9.98. The second-order valence-electron chi connectivity index (χ2n) is 8.93. The van der Waals surface area contributed by atoms with E-state index in [2.05, 4.69) is 11.6 Å². The Labute approximate surface area is 186 Å². The highest BCUT2D eigenvalue weighted by molar-refractivity contribution is 7.89. The quantitative estimate of drug-likeness (QED) is 0.700. The van der Waals surface area contributed by atoms with Gasteiger partial charge < -0.3 is 4.90 Å². The summed E-state index contributed by atoms with van der Waals surface area (Å²) in [6.07, 6.45) is 2.98. The van der Waals surface area contributed by atoms with Crippen molar-refractivity contribution in [1.29, 1.82) is 0 Å². The van der Waals surface area contributed by atoms with Crippen molar-refractivity contribution < 1.29 is 13.2 Å². The summed E-state index contributed by atoms with van der Waals surface area (Å²) in [5.74, 6) is 0.482.